The molecule has 0 radical (unpaired) electrons. The van der Waals surface area contributed by atoms with Gasteiger partial charge in [0.15, 0.2) is 10.0 Å². The molecular formula is C34H24N2S2. The van der Waals surface area contributed by atoms with Gasteiger partial charge in [0.1, 0.15) is 0 Å². The van der Waals surface area contributed by atoms with E-state index in [2.05, 4.69) is 135 Å². The highest BCUT2D eigenvalue weighted by Gasteiger charge is 2.05. The minimum atomic E-state index is 0.806. The van der Waals surface area contributed by atoms with Gasteiger partial charge in [-0.2, -0.15) is 0 Å². The van der Waals surface area contributed by atoms with Gasteiger partial charge in [0.25, 0.3) is 0 Å². The van der Waals surface area contributed by atoms with Crippen molar-refractivity contribution in [2.45, 2.75) is 13.8 Å². The van der Waals surface area contributed by atoms with E-state index in [1.165, 1.54) is 22.3 Å². The number of thiazole rings is 2. The summed E-state index contributed by atoms with van der Waals surface area (Å²) >= 11 is 3.24. The maximum atomic E-state index is 4.71. The van der Waals surface area contributed by atoms with E-state index < -0.39 is 0 Å². The van der Waals surface area contributed by atoms with Crippen molar-refractivity contribution in [2.24, 2.45) is 0 Å². The van der Waals surface area contributed by atoms with E-state index >= 15 is 0 Å². The third kappa shape index (κ3) is 5.65. The zero-order valence-corrected chi connectivity index (χ0v) is 22.7. The van der Waals surface area contributed by atoms with Crippen molar-refractivity contribution in [1.29, 1.82) is 0 Å². The lowest BCUT2D eigenvalue weighted by Crippen LogP contribution is -1.76. The molecule has 0 amide bonds. The first-order valence-corrected chi connectivity index (χ1v) is 14.0. The molecule has 0 aliphatic carbocycles. The Balaban J connectivity index is 1.19. The largest absolute Gasteiger partial charge is 0.228 e. The molecule has 38 heavy (non-hydrogen) atoms. The molecule has 0 aliphatic heterocycles. The molecule has 0 N–H and O–H groups in total. The van der Waals surface area contributed by atoms with E-state index in [1.54, 1.807) is 22.7 Å². The molecule has 0 fully saturated rings. The van der Waals surface area contributed by atoms with Crippen LogP contribution in [0.15, 0.2) is 84.9 Å². The van der Waals surface area contributed by atoms with E-state index in [9.17, 15) is 0 Å². The molecule has 0 unspecified atom stereocenters. The van der Waals surface area contributed by atoms with Gasteiger partial charge in [0, 0.05) is 0 Å². The van der Waals surface area contributed by atoms with Gasteiger partial charge in [0.05, 0.1) is 20.4 Å². The van der Waals surface area contributed by atoms with Crippen molar-refractivity contribution >= 4 is 67.4 Å². The summed E-state index contributed by atoms with van der Waals surface area (Å²) in [6.07, 6.45) is 8.56. The Hall–Kier alpha value is -4.30. The van der Waals surface area contributed by atoms with Crippen LogP contribution >= 0.6 is 22.7 Å². The van der Waals surface area contributed by atoms with Crippen molar-refractivity contribution in [3.05, 3.63) is 128 Å². The van der Waals surface area contributed by atoms with Gasteiger partial charge < -0.3 is 0 Å². The fourth-order valence-corrected chi connectivity index (χ4v) is 5.78. The van der Waals surface area contributed by atoms with E-state index in [-0.39, 0.29) is 0 Å². The van der Waals surface area contributed by atoms with Crippen molar-refractivity contribution in [3.63, 3.8) is 0 Å². The zero-order chi connectivity index (χ0) is 25.9. The quantitative estimate of drug-likeness (QED) is 0.170. The maximum absolute atomic E-state index is 4.71. The zero-order valence-electron chi connectivity index (χ0n) is 21.1. The van der Waals surface area contributed by atoms with Gasteiger partial charge in [-0.3, -0.25) is 0 Å². The van der Waals surface area contributed by atoms with Crippen LogP contribution in [-0.2, 0) is 0 Å². The van der Waals surface area contributed by atoms with Crippen molar-refractivity contribution in [3.8, 4) is 11.8 Å². The first-order valence-electron chi connectivity index (χ1n) is 12.4. The fraction of sp³-hybridized carbons (Fsp3) is 0.0588. The Morgan fingerprint density at radius 1 is 0.500 bits per heavy atom. The second kappa shape index (κ2) is 10.6. The van der Waals surface area contributed by atoms with Gasteiger partial charge in [-0.05, 0) is 72.2 Å². The van der Waals surface area contributed by atoms with Crippen LogP contribution in [0.2, 0.25) is 0 Å². The summed E-state index contributed by atoms with van der Waals surface area (Å²) in [6, 6.07) is 29.7. The monoisotopic (exact) mass is 524 g/mol. The molecule has 0 atom stereocenters. The van der Waals surface area contributed by atoms with Gasteiger partial charge in [-0.15, -0.1) is 22.7 Å². The SMILES string of the molecule is Cc1ccc(C=Cc2ccc3nc(C#Cc4nc5ccc(C=Cc6ccc(C)cc6)cc5s4)sc3c2)cc1. The standard InChI is InChI=1S/C34H24N2S2/c1-23-3-7-25(8-4-23)11-13-27-15-17-29-31(21-27)37-33(35-29)19-20-34-36-30-18-16-28(22-32(30)38-34)14-12-26-9-5-24(2)6-10-26/h3-18,21-22H,1-2H3. The summed E-state index contributed by atoms with van der Waals surface area (Å²) in [6.45, 7) is 4.20. The summed E-state index contributed by atoms with van der Waals surface area (Å²) < 4.78 is 2.27. The lowest BCUT2D eigenvalue weighted by atomic mass is 10.1. The number of rotatable bonds is 4. The van der Waals surface area contributed by atoms with Crippen LogP contribution in [0, 0.1) is 25.7 Å². The number of fused-ring (bicyclic) bond motifs is 2. The van der Waals surface area contributed by atoms with Crippen molar-refractivity contribution in [1.82, 2.24) is 9.97 Å². The van der Waals surface area contributed by atoms with Crippen LogP contribution in [0.4, 0.5) is 0 Å². The molecule has 2 heterocycles. The predicted molar refractivity (Wildman–Crippen MR) is 165 cm³/mol. The summed E-state index contributed by atoms with van der Waals surface area (Å²) in [5.41, 5.74) is 9.17. The third-order valence-electron chi connectivity index (χ3n) is 6.19. The lowest BCUT2D eigenvalue weighted by Gasteiger charge is -1.96. The molecule has 2 aromatic heterocycles. The number of aromatic nitrogens is 2. The summed E-state index contributed by atoms with van der Waals surface area (Å²) in [5, 5.41) is 1.61. The Morgan fingerprint density at radius 2 is 0.868 bits per heavy atom. The smallest absolute Gasteiger partial charge is 0.168 e. The lowest BCUT2D eigenvalue weighted by molar-refractivity contribution is 1.43. The second-order valence-corrected chi connectivity index (χ2v) is 11.3. The van der Waals surface area contributed by atoms with Gasteiger partial charge in [-0.1, -0.05) is 96.1 Å². The van der Waals surface area contributed by atoms with Crippen LogP contribution in [-0.4, -0.2) is 9.97 Å². The average Bonchev–Trinajstić information content (AvgIpc) is 3.54. The number of nitrogens with zero attached hydrogens (tertiary/aromatic N) is 2. The summed E-state index contributed by atoms with van der Waals surface area (Å²) in [5.74, 6) is 6.47. The Labute approximate surface area is 230 Å². The Kier molecular flexibility index (Phi) is 6.71. The Morgan fingerprint density at radius 3 is 1.29 bits per heavy atom. The van der Waals surface area contributed by atoms with E-state index in [0.717, 1.165) is 41.6 Å². The van der Waals surface area contributed by atoms with Crippen LogP contribution < -0.4 is 0 Å². The molecule has 0 spiro atoms. The number of aryl methyl sites for hydroxylation is 2. The average molecular weight is 525 g/mol. The second-order valence-electron chi connectivity index (χ2n) is 9.23. The van der Waals surface area contributed by atoms with Crippen LogP contribution in [0.3, 0.4) is 0 Å². The fourth-order valence-electron chi connectivity index (χ4n) is 4.04. The van der Waals surface area contributed by atoms with Crippen molar-refractivity contribution in [2.75, 3.05) is 0 Å². The highest BCUT2D eigenvalue weighted by Crippen LogP contribution is 2.26. The van der Waals surface area contributed by atoms with E-state index in [1.807, 2.05) is 0 Å². The normalized spacial score (nSPS) is 11.5. The molecule has 0 aliphatic rings. The predicted octanol–water partition coefficient (Wildman–Crippen LogP) is 9.26. The van der Waals surface area contributed by atoms with Crippen LogP contribution in [0.25, 0.3) is 44.7 Å². The minimum Gasteiger partial charge on any atom is -0.228 e. The molecule has 4 aromatic carbocycles. The molecule has 4 heteroatoms. The number of hydrogen-bond acceptors (Lipinski definition) is 4. The number of hydrogen-bond donors (Lipinski definition) is 0. The molecule has 0 saturated heterocycles. The topological polar surface area (TPSA) is 25.8 Å². The summed E-state index contributed by atoms with van der Waals surface area (Å²) in [4.78, 5) is 9.42. The molecular weight excluding hydrogens is 501 g/mol. The molecule has 182 valence electrons. The van der Waals surface area contributed by atoms with E-state index in [4.69, 9.17) is 9.97 Å². The molecule has 6 aromatic rings. The van der Waals surface area contributed by atoms with Gasteiger partial charge in [-0.25, -0.2) is 9.97 Å². The number of benzene rings is 4. The maximum Gasteiger partial charge on any atom is 0.168 e. The van der Waals surface area contributed by atoms with Gasteiger partial charge >= 0.3 is 0 Å². The highest BCUT2D eigenvalue weighted by molar-refractivity contribution is 7.19. The first kappa shape index (κ1) is 24.1. The van der Waals surface area contributed by atoms with Crippen LogP contribution in [0.5, 0.6) is 0 Å². The van der Waals surface area contributed by atoms with Gasteiger partial charge in [0.2, 0.25) is 0 Å². The van der Waals surface area contributed by atoms with Crippen molar-refractivity contribution < 1.29 is 0 Å². The first-order chi connectivity index (χ1) is 18.6. The van der Waals surface area contributed by atoms with E-state index in [0.29, 0.717) is 0 Å². The Bertz CT molecular complexity index is 1740. The molecule has 6 rings (SSSR count). The summed E-state index contributed by atoms with van der Waals surface area (Å²) in [7, 11) is 0. The molecule has 2 nitrogen and oxygen atoms in total. The van der Waals surface area contributed by atoms with Crippen LogP contribution in [0.1, 0.15) is 43.4 Å². The molecule has 0 saturated carbocycles. The third-order valence-corrected chi connectivity index (χ3v) is 8.06. The minimum absolute atomic E-state index is 0.806. The highest BCUT2D eigenvalue weighted by atomic mass is 32.1. The molecule has 0 bridgehead atoms.